The maximum atomic E-state index is 13.1. The summed E-state index contributed by atoms with van der Waals surface area (Å²) in [5.74, 6) is 0.756. The van der Waals surface area contributed by atoms with Crippen LogP contribution in [0.5, 0.6) is 5.75 Å². The summed E-state index contributed by atoms with van der Waals surface area (Å²) < 4.78 is 5.66. The zero-order valence-electron chi connectivity index (χ0n) is 18.8. The third-order valence-corrected chi connectivity index (χ3v) is 5.61. The van der Waals surface area contributed by atoms with E-state index in [9.17, 15) is 9.59 Å². The number of benzene rings is 3. The zero-order valence-corrected chi connectivity index (χ0v) is 18.8. The van der Waals surface area contributed by atoms with Crippen LogP contribution in [0, 0.1) is 0 Å². The molecule has 0 spiro atoms. The van der Waals surface area contributed by atoms with Gasteiger partial charge in [-0.25, -0.2) is 4.79 Å². The van der Waals surface area contributed by atoms with Gasteiger partial charge in [0, 0.05) is 29.2 Å². The Labute approximate surface area is 194 Å². The summed E-state index contributed by atoms with van der Waals surface area (Å²) in [6.45, 7) is 3.46. The van der Waals surface area contributed by atoms with Gasteiger partial charge in [-0.05, 0) is 73.4 Å². The fourth-order valence-electron chi connectivity index (χ4n) is 3.86. The number of fused-ring (bicyclic) bond motifs is 1. The summed E-state index contributed by atoms with van der Waals surface area (Å²) in [6, 6.07) is 22.0. The molecule has 0 fully saturated rings. The van der Waals surface area contributed by atoms with Crippen LogP contribution in [0.3, 0.4) is 0 Å². The molecule has 0 bridgehead atoms. The third kappa shape index (κ3) is 5.71. The second kappa shape index (κ2) is 10.7. The van der Waals surface area contributed by atoms with E-state index in [2.05, 4.69) is 17.6 Å². The molecule has 6 heteroatoms. The fourth-order valence-corrected chi connectivity index (χ4v) is 3.86. The molecule has 4 rings (SSSR count). The van der Waals surface area contributed by atoms with E-state index in [0.29, 0.717) is 30.1 Å². The molecule has 3 aromatic carbocycles. The van der Waals surface area contributed by atoms with Gasteiger partial charge in [-0.2, -0.15) is 0 Å². The molecule has 1 heterocycles. The van der Waals surface area contributed by atoms with Crippen LogP contribution in [-0.4, -0.2) is 25.1 Å². The highest BCUT2D eigenvalue weighted by Crippen LogP contribution is 2.31. The molecule has 0 radical (unpaired) electrons. The van der Waals surface area contributed by atoms with Gasteiger partial charge in [-0.3, -0.25) is 4.79 Å². The van der Waals surface area contributed by atoms with Gasteiger partial charge in [-0.1, -0.05) is 37.6 Å². The predicted octanol–water partition coefficient (Wildman–Crippen LogP) is 6.10. The Hall–Kier alpha value is -3.80. The minimum absolute atomic E-state index is 0.0283. The van der Waals surface area contributed by atoms with E-state index >= 15 is 0 Å². The van der Waals surface area contributed by atoms with Crippen LogP contribution in [0.15, 0.2) is 72.8 Å². The van der Waals surface area contributed by atoms with E-state index in [-0.39, 0.29) is 11.9 Å². The van der Waals surface area contributed by atoms with Crippen molar-refractivity contribution in [2.45, 2.75) is 32.6 Å². The number of urea groups is 1. The van der Waals surface area contributed by atoms with Gasteiger partial charge in [0.2, 0.25) is 0 Å². The molecule has 0 saturated carbocycles. The molecule has 3 aromatic rings. The molecule has 3 amide bonds. The van der Waals surface area contributed by atoms with Crippen molar-refractivity contribution in [2.24, 2.45) is 0 Å². The summed E-state index contributed by atoms with van der Waals surface area (Å²) in [5.41, 5.74) is 3.92. The minimum atomic E-state index is -0.341. The van der Waals surface area contributed by atoms with Gasteiger partial charge in [0.15, 0.2) is 0 Å². The number of hydrogen-bond donors (Lipinski definition) is 2. The van der Waals surface area contributed by atoms with Crippen LogP contribution in [0.2, 0.25) is 0 Å². The van der Waals surface area contributed by atoms with Crippen LogP contribution in [0.1, 0.15) is 42.1 Å². The van der Waals surface area contributed by atoms with Crippen molar-refractivity contribution < 1.29 is 14.3 Å². The maximum absolute atomic E-state index is 13.1. The Kier molecular flexibility index (Phi) is 7.25. The molecule has 0 aliphatic carbocycles. The largest absolute Gasteiger partial charge is 0.494 e. The van der Waals surface area contributed by atoms with Gasteiger partial charge < -0.3 is 20.3 Å². The van der Waals surface area contributed by atoms with E-state index < -0.39 is 0 Å². The molecule has 1 aliphatic heterocycles. The van der Waals surface area contributed by atoms with Gasteiger partial charge in [0.05, 0.1) is 6.61 Å². The van der Waals surface area contributed by atoms with Crippen LogP contribution >= 0.6 is 0 Å². The number of aryl methyl sites for hydroxylation is 1. The number of amides is 3. The smallest absolute Gasteiger partial charge is 0.323 e. The molecule has 0 unspecified atom stereocenters. The predicted molar refractivity (Wildman–Crippen MR) is 132 cm³/mol. The summed E-state index contributed by atoms with van der Waals surface area (Å²) in [5, 5.41) is 5.72. The Balaban J connectivity index is 1.42. The second-order valence-corrected chi connectivity index (χ2v) is 8.08. The highest BCUT2D eigenvalue weighted by atomic mass is 16.5. The van der Waals surface area contributed by atoms with Crippen LogP contribution in [0.4, 0.5) is 21.9 Å². The zero-order chi connectivity index (χ0) is 23.0. The molecule has 0 atom stereocenters. The molecular formula is C27H29N3O3. The Morgan fingerprint density at radius 2 is 1.67 bits per heavy atom. The summed E-state index contributed by atoms with van der Waals surface area (Å²) in [6.07, 6.45) is 3.92. The first-order valence-corrected chi connectivity index (χ1v) is 11.4. The average Bonchev–Trinajstić information content (AvgIpc) is 2.85. The molecule has 170 valence electrons. The average molecular weight is 444 g/mol. The van der Waals surface area contributed by atoms with Crippen LogP contribution in [0.25, 0.3) is 0 Å². The molecule has 0 aromatic heterocycles. The minimum Gasteiger partial charge on any atom is -0.494 e. The molecule has 1 aliphatic rings. The Bertz CT molecular complexity index is 1100. The molecular weight excluding hydrogens is 414 g/mol. The number of unbranched alkanes of at least 4 members (excludes halogenated alkanes) is 1. The highest BCUT2D eigenvalue weighted by Gasteiger charge is 2.24. The molecule has 2 N–H and O–H groups in total. The monoisotopic (exact) mass is 443 g/mol. The van der Waals surface area contributed by atoms with Gasteiger partial charge >= 0.3 is 6.03 Å². The third-order valence-electron chi connectivity index (χ3n) is 5.61. The van der Waals surface area contributed by atoms with Gasteiger partial charge in [-0.15, -0.1) is 0 Å². The lowest BCUT2D eigenvalue weighted by Crippen LogP contribution is -2.35. The summed E-state index contributed by atoms with van der Waals surface area (Å²) in [7, 11) is 0. The van der Waals surface area contributed by atoms with E-state index in [4.69, 9.17) is 4.74 Å². The first kappa shape index (κ1) is 22.4. The normalized spacial score (nSPS) is 12.6. The maximum Gasteiger partial charge on any atom is 0.323 e. The van der Waals surface area contributed by atoms with Crippen molar-refractivity contribution in [1.82, 2.24) is 0 Å². The number of carbonyl (C=O) groups is 2. The van der Waals surface area contributed by atoms with Crippen molar-refractivity contribution >= 4 is 29.0 Å². The fraction of sp³-hybridized carbons (Fsp3) is 0.259. The lowest BCUT2D eigenvalue weighted by Gasteiger charge is -2.30. The summed E-state index contributed by atoms with van der Waals surface area (Å²) in [4.78, 5) is 27.4. The first-order chi connectivity index (χ1) is 16.1. The van der Waals surface area contributed by atoms with Gasteiger partial charge in [0.25, 0.3) is 5.91 Å². The van der Waals surface area contributed by atoms with Gasteiger partial charge in [0.1, 0.15) is 5.75 Å². The number of rotatable bonds is 7. The number of carbonyl (C=O) groups excluding carboxylic acids is 2. The molecule has 6 nitrogen and oxygen atoms in total. The standard InChI is InChI=1S/C27H29N3O3/c1-2-3-18-33-24-15-13-22(14-16-24)28-27(32)29-23-12-11-20-10-7-17-30(25(20)19-23)26(31)21-8-5-4-6-9-21/h4-6,8-9,11-16,19H,2-3,7,10,17-18H2,1H3,(H2,28,29,32). The quantitative estimate of drug-likeness (QED) is 0.433. The van der Waals surface area contributed by atoms with E-state index in [1.54, 1.807) is 4.90 Å². The summed E-state index contributed by atoms with van der Waals surface area (Å²) >= 11 is 0. The van der Waals surface area contributed by atoms with Crippen LogP contribution in [-0.2, 0) is 6.42 Å². The van der Waals surface area contributed by atoms with E-state index in [1.807, 2.05) is 72.8 Å². The number of anilines is 3. The second-order valence-electron chi connectivity index (χ2n) is 8.08. The lowest BCUT2D eigenvalue weighted by atomic mass is 10.00. The van der Waals surface area contributed by atoms with E-state index in [0.717, 1.165) is 42.7 Å². The van der Waals surface area contributed by atoms with Crippen LogP contribution < -0.4 is 20.3 Å². The number of ether oxygens (including phenoxy) is 1. The SMILES string of the molecule is CCCCOc1ccc(NC(=O)Nc2ccc3c(c2)N(C(=O)c2ccccc2)CCC3)cc1. The van der Waals surface area contributed by atoms with Crippen molar-refractivity contribution in [2.75, 3.05) is 28.7 Å². The Morgan fingerprint density at radius 1 is 0.939 bits per heavy atom. The molecule has 0 saturated heterocycles. The van der Waals surface area contributed by atoms with Crippen molar-refractivity contribution in [3.8, 4) is 5.75 Å². The first-order valence-electron chi connectivity index (χ1n) is 11.4. The lowest BCUT2D eigenvalue weighted by molar-refractivity contribution is 0.0985. The van der Waals surface area contributed by atoms with Crippen molar-refractivity contribution in [3.63, 3.8) is 0 Å². The van der Waals surface area contributed by atoms with E-state index in [1.165, 1.54) is 0 Å². The van der Waals surface area contributed by atoms with Crippen molar-refractivity contribution in [1.29, 1.82) is 0 Å². The number of nitrogens with zero attached hydrogens (tertiary/aromatic N) is 1. The molecule has 33 heavy (non-hydrogen) atoms. The highest BCUT2D eigenvalue weighted by molar-refractivity contribution is 6.07. The Morgan fingerprint density at radius 3 is 2.42 bits per heavy atom. The number of hydrogen-bond acceptors (Lipinski definition) is 3. The topological polar surface area (TPSA) is 70.7 Å². The number of nitrogens with one attached hydrogen (secondary N) is 2. The van der Waals surface area contributed by atoms with Crippen molar-refractivity contribution in [3.05, 3.63) is 83.9 Å².